The monoisotopic (exact) mass is 299 g/mol. The van der Waals surface area contributed by atoms with Crippen LogP contribution in [0.15, 0.2) is 12.1 Å². The lowest BCUT2D eigenvalue weighted by molar-refractivity contribution is -0.384. The molecule has 1 saturated heterocycles. The van der Waals surface area contributed by atoms with E-state index in [4.69, 9.17) is 11.6 Å². The normalized spacial score (nSPS) is 20.9. The quantitative estimate of drug-likeness (QED) is 0.513. The molecule has 0 amide bonds. The van der Waals surface area contributed by atoms with E-state index in [1.165, 1.54) is 12.1 Å². The largest absolute Gasteiger partial charge is 0.363 e. The second kappa shape index (κ2) is 6.34. The van der Waals surface area contributed by atoms with E-state index in [1.807, 2.05) is 0 Å². The van der Waals surface area contributed by atoms with Gasteiger partial charge in [-0.1, -0.05) is 11.6 Å². The number of halogens is 1. The van der Waals surface area contributed by atoms with Crippen molar-refractivity contribution in [3.05, 3.63) is 27.4 Å². The zero-order valence-corrected chi connectivity index (χ0v) is 12.3. The van der Waals surface area contributed by atoms with Crippen LogP contribution in [0, 0.1) is 10.1 Å². The molecular weight excluding hydrogens is 282 g/mol. The summed E-state index contributed by atoms with van der Waals surface area (Å²) in [6.45, 7) is 3.52. The summed E-state index contributed by atoms with van der Waals surface area (Å²) in [5.41, 5.74) is -0.0544. The van der Waals surface area contributed by atoms with Crippen molar-refractivity contribution in [2.75, 3.05) is 45.6 Å². The van der Waals surface area contributed by atoms with Crippen LogP contribution in [0.2, 0.25) is 5.15 Å². The highest BCUT2D eigenvalue weighted by Gasteiger charge is 2.23. The summed E-state index contributed by atoms with van der Waals surface area (Å²) in [5, 5.41) is 14.3. The number of nitrogens with zero attached hydrogens (tertiary/aromatic N) is 4. The average Bonchev–Trinajstić information content (AvgIpc) is 2.39. The summed E-state index contributed by atoms with van der Waals surface area (Å²) in [6, 6.07) is 3.08. The molecule has 7 nitrogen and oxygen atoms in total. The molecule has 1 aromatic rings. The van der Waals surface area contributed by atoms with E-state index in [0.29, 0.717) is 6.54 Å². The van der Waals surface area contributed by atoms with E-state index in [-0.39, 0.29) is 22.7 Å². The maximum Gasteiger partial charge on any atom is 0.311 e. The molecule has 0 bridgehead atoms. The molecule has 1 fully saturated rings. The van der Waals surface area contributed by atoms with Gasteiger partial charge in [-0.05, 0) is 20.2 Å². The van der Waals surface area contributed by atoms with Crippen LogP contribution in [-0.2, 0) is 0 Å². The number of piperazine rings is 1. The molecule has 2 heterocycles. The Morgan fingerprint density at radius 2 is 2.25 bits per heavy atom. The van der Waals surface area contributed by atoms with Crippen molar-refractivity contribution < 1.29 is 4.92 Å². The molecule has 1 aromatic heterocycles. The van der Waals surface area contributed by atoms with Crippen LogP contribution in [0.1, 0.15) is 0 Å². The Morgan fingerprint density at radius 3 is 2.95 bits per heavy atom. The van der Waals surface area contributed by atoms with Gasteiger partial charge >= 0.3 is 5.69 Å². The maximum absolute atomic E-state index is 11.0. The molecule has 2 rings (SSSR count). The molecule has 1 aliphatic rings. The van der Waals surface area contributed by atoms with E-state index in [9.17, 15) is 10.1 Å². The molecule has 8 heteroatoms. The predicted molar refractivity (Wildman–Crippen MR) is 78.3 cm³/mol. The molecule has 1 atom stereocenters. The van der Waals surface area contributed by atoms with Crippen molar-refractivity contribution in [3.8, 4) is 0 Å². The number of hydrogen-bond acceptors (Lipinski definition) is 6. The first-order chi connectivity index (χ1) is 9.47. The average molecular weight is 300 g/mol. The summed E-state index contributed by atoms with van der Waals surface area (Å²) >= 11 is 5.80. The molecule has 1 unspecified atom stereocenters. The van der Waals surface area contributed by atoms with Crippen molar-refractivity contribution in [2.24, 2.45) is 0 Å². The second-order valence-corrected chi connectivity index (χ2v) is 5.42. The lowest BCUT2D eigenvalue weighted by Crippen LogP contribution is -2.52. The number of likely N-dealkylation sites (N-methyl/N-ethyl adjacent to an activating group) is 2. The predicted octanol–water partition coefficient (Wildman–Crippen LogP) is 1.30. The minimum Gasteiger partial charge on any atom is -0.363 e. The minimum absolute atomic E-state index is 0.0544. The van der Waals surface area contributed by atoms with E-state index in [2.05, 4.69) is 34.2 Å². The number of rotatable bonds is 4. The van der Waals surface area contributed by atoms with Crippen molar-refractivity contribution in [3.63, 3.8) is 0 Å². The third-order valence-corrected chi connectivity index (χ3v) is 3.73. The SMILES string of the molecule is CN1CCN(C)C(CNc2nc(Cl)ccc2[N+](=O)[O-])C1. The van der Waals surface area contributed by atoms with Crippen molar-refractivity contribution in [2.45, 2.75) is 6.04 Å². The fraction of sp³-hybridized carbons (Fsp3) is 0.583. The van der Waals surface area contributed by atoms with Crippen molar-refractivity contribution in [1.82, 2.24) is 14.8 Å². The van der Waals surface area contributed by atoms with Gasteiger partial charge in [-0.3, -0.25) is 15.0 Å². The van der Waals surface area contributed by atoms with Gasteiger partial charge in [0.25, 0.3) is 0 Å². The van der Waals surface area contributed by atoms with E-state index >= 15 is 0 Å². The molecule has 0 radical (unpaired) electrons. The smallest absolute Gasteiger partial charge is 0.311 e. The Balaban J connectivity index is 2.06. The molecule has 1 aliphatic heterocycles. The highest BCUT2D eigenvalue weighted by Crippen LogP contribution is 2.24. The topological polar surface area (TPSA) is 74.5 Å². The van der Waals surface area contributed by atoms with Gasteiger partial charge in [0.05, 0.1) is 4.92 Å². The molecule has 20 heavy (non-hydrogen) atoms. The second-order valence-electron chi connectivity index (χ2n) is 5.04. The Hall–Kier alpha value is -1.44. The molecule has 0 saturated carbocycles. The minimum atomic E-state index is -0.456. The maximum atomic E-state index is 11.0. The van der Waals surface area contributed by atoms with Crippen LogP contribution < -0.4 is 5.32 Å². The molecule has 1 N–H and O–H groups in total. The summed E-state index contributed by atoms with van der Waals surface area (Å²) in [5.74, 6) is 0.226. The van der Waals surface area contributed by atoms with Crippen molar-refractivity contribution >= 4 is 23.1 Å². The lowest BCUT2D eigenvalue weighted by atomic mass is 10.2. The first kappa shape index (κ1) is 15.0. The highest BCUT2D eigenvalue weighted by molar-refractivity contribution is 6.29. The van der Waals surface area contributed by atoms with Crippen LogP contribution in [0.4, 0.5) is 11.5 Å². The van der Waals surface area contributed by atoms with Crippen LogP contribution in [0.3, 0.4) is 0 Å². The highest BCUT2D eigenvalue weighted by atomic mass is 35.5. The zero-order chi connectivity index (χ0) is 14.7. The van der Waals surface area contributed by atoms with Crippen LogP contribution in [0.25, 0.3) is 0 Å². The van der Waals surface area contributed by atoms with Gasteiger partial charge < -0.3 is 10.2 Å². The Kier molecular flexibility index (Phi) is 4.74. The first-order valence-corrected chi connectivity index (χ1v) is 6.78. The summed E-state index contributed by atoms with van der Waals surface area (Å²) in [4.78, 5) is 19.0. The van der Waals surface area contributed by atoms with Crippen molar-refractivity contribution in [1.29, 1.82) is 0 Å². The molecule has 0 aliphatic carbocycles. The van der Waals surface area contributed by atoms with Gasteiger partial charge in [-0.15, -0.1) is 0 Å². The van der Waals surface area contributed by atoms with Gasteiger partial charge in [-0.25, -0.2) is 4.98 Å². The Bertz CT molecular complexity index is 499. The van der Waals surface area contributed by atoms with E-state index in [0.717, 1.165) is 19.6 Å². The fourth-order valence-corrected chi connectivity index (χ4v) is 2.39. The van der Waals surface area contributed by atoms with Crippen LogP contribution in [0.5, 0.6) is 0 Å². The Labute approximate surface area is 122 Å². The summed E-state index contributed by atoms with van der Waals surface area (Å²) in [7, 11) is 4.12. The summed E-state index contributed by atoms with van der Waals surface area (Å²) in [6.07, 6.45) is 0. The lowest BCUT2D eigenvalue weighted by Gasteiger charge is -2.37. The third kappa shape index (κ3) is 3.56. The molecule has 0 spiro atoms. The first-order valence-electron chi connectivity index (χ1n) is 6.41. The molecule has 110 valence electrons. The number of nitrogens with one attached hydrogen (secondary N) is 1. The Morgan fingerprint density at radius 1 is 1.50 bits per heavy atom. The van der Waals surface area contributed by atoms with Gasteiger partial charge in [0.15, 0.2) is 0 Å². The fourth-order valence-electron chi connectivity index (χ4n) is 2.24. The number of nitro groups is 1. The van der Waals surface area contributed by atoms with Gasteiger partial charge in [-0.2, -0.15) is 0 Å². The van der Waals surface area contributed by atoms with E-state index < -0.39 is 4.92 Å². The number of pyridine rings is 1. The molecule has 0 aromatic carbocycles. The number of hydrogen-bond donors (Lipinski definition) is 1. The van der Waals surface area contributed by atoms with Gasteiger partial charge in [0, 0.05) is 38.3 Å². The number of anilines is 1. The van der Waals surface area contributed by atoms with Crippen LogP contribution in [-0.4, -0.2) is 66.0 Å². The van der Waals surface area contributed by atoms with E-state index in [1.54, 1.807) is 0 Å². The van der Waals surface area contributed by atoms with Gasteiger partial charge in [0.2, 0.25) is 5.82 Å². The van der Waals surface area contributed by atoms with Gasteiger partial charge in [0.1, 0.15) is 5.15 Å². The third-order valence-electron chi connectivity index (χ3n) is 3.52. The van der Waals surface area contributed by atoms with Crippen LogP contribution >= 0.6 is 11.6 Å². The number of aromatic nitrogens is 1. The zero-order valence-electron chi connectivity index (χ0n) is 11.5. The summed E-state index contributed by atoms with van der Waals surface area (Å²) < 4.78 is 0. The standard InChI is InChI=1S/C12H18ClN5O2/c1-16-5-6-17(2)9(8-16)7-14-12-10(18(19)20)3-4-11(13)15-12/h3-4,9H,5-8H2,1-2H3,(H,14,15). The molecular formula is C12H18ClN5O2.